The molecule has 3 aromatic heterocycles. The lowest BCUT2D eigenvalue weighted by atomic mass is 10.2. The van der Waals surface area contributed by atoms with Crippen molar-refractivity contribution in [2.75, 3.05) is 7.11 Å². The van der Waals surface area contributed by atoms with Gasteiger partial charge in [0.25, 0.3) is 0 Å². The molecule has 0 saturated heterocycles. The summed E-state index contributed by atoms with van der Waals surface area (Å²) in [6, 6.07) is 7.58. The fourth-order valence-corrected chi connectivity index (χ4v) is 4.60. The van der Waals surface area contributed by atoms with Crippen LogP contribution in [0.2, 0.25) is 0 Å². The molecule has 0 unspecified atom stereocenters. The number of oxime groups is 1. The topological polar surface area (TPSA) is 73.9 Å². The number of fused-ring (bicyclic) bond motifs is 5. The van der Waals surface area contributed by atoms with Crippen LogP contribution in [0.5, 0.6) is 5.75 Å². The molecule has 3 heterocycles. The zero-order chi connectivity index (χ0) is 18.2. The van der Waals surface area contributed by atoms with Gasteiger partial charge in [-0.25, -0.2) is 14.5 Å². The van der Waals surface area contributed by atoms with E-state index < -0.39 is 0 Å². The van der Waals surface area contributed by atoms with E-state index in [1.54, 1.807) is 35.5 Å². The molecule has 0 spiro atoms. The average Bonchev–Trinajstić information content (AvgIpc) is 3.38. The smallest absolute Gasteiger partial charge is 0.192 e. The molecular weight excluding hydrogens is 362 g/mol. The molecule has 0 amide bonds. The second kappa shape index (κ2) is 6.62. The summed E-state index contributed by atoms with van der Waals surface area (Å²) in [6.45, 7) is 0.210. The van der Waals surface area contributed by atoms with Crippen molar-refractivity contribution in [3.63, 3.8) is 0 Å². The Hall–Kier alpha value is -3.00. The highest BCUT2D eigenvalue weighted by Crippen LogP contribution is 2.37. The van der Waals surface area contributed by atoms with Crippen LogP contribution in [0.1, 0.15) is 28.2 Å². The maximum atomic E-state index is 5.38. The second-order valence-corrected chi connectivity index (χ2v) is 7.44. The number of thiophene rings is 1. The first-order valence-corrected chi connectivity index (χ1v) is 9.57. The molecule has 0 atom stereocenters. The minimum atomic E-state index is 0.210. The summed E-state index contributed by atoms with van der Waals surface area (Å²) < 4.78 is 6.87. The Balaban J connectivity index is 1.34. The number of nitrogens with zero attached hydrogens (tertiary/aromatic N) is 5. The SMILES string of the molecule is COc1ccc(C=NOCc2nc3c4c5c(sc4ncn3n2)CCC5)cc1. The highest BCUT2D eigenvalue weighted by molar-refractivity contribution is 7.19. The molecule has 4 aromatic rings. The van der Waals surface area contributed by atoms with Crippen molar-refractivity contribution in [3.05, 3.63) is 52.4 Å². The minimum Gasteiger partial charge on any atom is -0.497 e. The zero-order valence-electron chi connectivity index (χ0n) is 14.8. The number of aromatic nitrogens is 4. The van der Waals surface area contributed by atoms with E-state index in [0.717, 1.165) is 40.0 Å². The Bertz CT molecular complexity index is 1150. The number of aryl methyl sites for hydroxylation is 2. The molecule has 0 fully saturated rings. The largest absolute Gasteiger partial charge is 0.497 e. The second-order valence-electron chi connectivity index (χ2n) is 6.36. The molecule has 0 saturated carbocycles. The summed E-state index contributed by atoms with van der Waals surface area (Å²) in [5.41, 5.74) is 3.18. The molecular formula is C19H17N5O2S. The molecule has 5 rings (SSSR count). The lowest BCUT2D eigenvalue weighted by molar-refractivity contribution is 0.126. The molecule has 0 bridgehead atoms. The van der Waals surface area contributed by atoms with Crippen molar-refractivity contribution in [1.29, 1.82) is 0 Å². The van der Waals surface area contributed by atoms with Gasteiger partial charge in [0, 0.05) is 4.88 Å². The third-order valence-electron chi connectivity index (χ3n) is 4.67. The number of benzene rings is 1. The summed E-state index contributed by atoms with van der Waals surface area (Å²) in [5, 5.41) is 9.62. The van der Waals surface area contributed by atoms with Crippen LogP contribution in [0.3, 0.4) is 0 Å². The Morgan fingerprint density at radius 3 is 3.00 bits per heavy atom. The van der Waals surface area contributed by atoms with E-state index in [1.807, 2.05) is 24.3 Å². The van der Waals surface area contributed by atoms with Gasteiger partial charge in [-0.2, -0.15) is 0 Å². The number of methoxy groups -OCH3 is 1. The summed E-state index contributed by atoms with van der Waals surface area (Å²) in [6.07, 6.45) is 6.83. The summed E-state index contributed by atoms with van der Waals surface area (Å²) in [5.74, 6) is 1.40. The third kappa shape index (κ3) is 2.91. The predicted molar refractivity (Wildman–Crippen MR) is 104 cm³/mol. The molecule has 1 aliphatic carbocycles. The van der Waals surface area contributed by atoms with E-state index in [4.69, 9.17) is 9.57 Å². The van der Waals surface area contributed by atoms with Crippen molar-refractivity contribution in [3.8, 4) is 5.75 Å². The van der Waals surface area contributed by atoms with E-state index >= 15 is 0 Å². The highest BCUT2D eigenvalue weighted by atomic mass is 32.1. The van der Waals surface area contributed by atoms with Gasteiger partial charge in [-0.05, 0) is 54.7 Å². The molecule has 8 heteroatoms. The first kappa shape index (κ1) is 16.2. The van der Waals surface area contributed by atoms with Crippen molar-refractivity contribution < 1.29 is 9.57 Å². The number of ether oxygens (including phenoxy) is 1. The van der Waals surface area contributed by atoms with E-state index in [2.05, 4.69) is 20.2 Å². The molecule has 0 aliphatic heterocycles. The van der Waals surface area contributed by atoms with Crippen LogP contribution in [0.4, 0.5) is 0 Å². The summed E-state index contributed by atoms with van der Waals surface area (Å²) in [7, 11) is 1.64. The quantitative estimate of drug-likeness (QED) is 0.393. The molecule has 1 aromatic carbocycles. The van der Waals surface area contributed by atoms with Crippen molar-refractivity contribution in [1.82, 2.24) is 19.6 Å². The van der Waals surface area contributed by atoms with Crippen LogP contribution in [0, 0.1) is 0 Å². The molecule has 0 N–H and O–H groups in total. The molecule has 1 aliphatic rings. The number of hydrogen-bond acceptors (Lipinski definition) is 7. The number of rotatable bonds is 5. The maximum Gasteiger partial charge on any atom is 0.192 e. The van der Waals surface area contributed by atoms with Crippen molar-refractivity contribution >= 4 is 33.4 Å². The van der Waals surface area contributed by atoms with E-state index in [9.17, 15) is 0 Å². The van der Waals surface area contributed by atoms with Gasteiger partial charge in [-0.1, -0.05) is 5.16 Å². The van der Waals surface area contributed by atoms with Gasteiger partial charge in [0.05, 0.1) is 18.7 Å². The molecule has 0 radical (unpaired) electrons. The lowest BCUT2D eigenvalue weighted by Gasteiger charge is -1.98. The molecule has 7 nitrogen and oxygen atoms in total. The van der Waals surface area contributed by atoms with Crippen LogP contribution in [0.15, 0.2) is 35.7 Å². The fraction of sp³-hybridized carbons (Fsp3) is 0.263. The fourth-order valence-electron chi connectivity index (χ4n) is 3.38. The number of hydrogen-bond donors (Lipinski definition) is 0. The van der Waals surface area contributed by atoms with Crippen LogP contribution in [-0.4, -0.2) is 32.9 Å². The lowest BCUT2D eigenvalue weighted by Crippen LogP contribution is -1.93. The Labute approximate surface area is 159 Å². The van der Waals surface area contributed by atoms with Crippen LogP contribution < -0.4 is 4.74 Å². The van der Waals surface area contributed by atoms with Gasteiger partial charge in [0.2, 0.25) is 0 Å². The Kier molecular flexibility index (Phi) is 3.97. The van der Waals surface area contributed by atoms with Crippen molar-refractivity contribution in [2.24, 2.45) is 5.16 Å². The first-order valence-electron chi connectivity index (χ1n) is 8.76. The van der Waals surface area contributed by atoms with Crippen molar-refractivity contribution in [2.45, 2.75) is 25.9 Å². The van der Waals surface area contributed by atoms with Gasteiger partial charge in [-0.15, -0.1) is 16.4 Å². The monoisotopic (exact) mass is 379 g/mol. The van der Waals surface area contributed by atoms with Gasteiger partial charge >= 0.3 is 0 Å². The summed E-state index contributed by atoms with van der Waals surface area (Å²) in [4.78, 5) is 17.1. The highest BCUT2D eigenvalue weighted by Gasteiger charge is 2.21. The third-order valence-corrected chi connectivity index (χ3v) is 5.87. The van der Waals surface area contributed by atoms with E-state index in [-0.39, 0.29) is 6.61 Å². The van der Waals surface area contributed by atoms with Gasteiger partial charge < -0.3 is 9.57 Å². The van der Waals surface area contributed by atoms with Gasteiger partial charge in [0.1, 0.15) is 16.9 Å². The van der Waals surface area contributed by atoms with Crippen LogP contribution >= 0.6 is 11.3 Å². The average molecular weight is 379 g/mol. The van der Waals surface area contributed by atoms with Gasteiger partial charge in [-0.3, -0.25) is 0 Å². The Morgan fingerprint density at radius 2 is 2.15 bits per heavy atom. The van der Waals surface area contributed by atoms with E-state index in [0.29, 0.717) is 5.82 Å². The standard InChI is InChI=1S/C19H17N5O2S/c1-25-13-7-5-12(6-8-13)9-21-26-10-16-22-18-17-14-3-2-4-15(14)27-19(17)20-11-24(18)23-16/h5-9,11H,2-4,10H2,1H3. The minimum absolute atomic E-state index is 0.210. The van der Waals surface area contributed by atoms with Crippen LogP contribution in [0.25, 0.3) is 15.9 Å². The van der Waals surface area contributed by atoms with Gasteiger partial charge in [0.15, 0.2) is 18.1 Å². The predicted octanol–water partition coefficient (Wildman–Crippen LogP) is 3.39. The molecule has 27 heavy (non-hydrogen) atoms. The first-order chi connectivity index (χ1) is 13.3. The Morgan fingerprint density at radius 1 is 1.26 bits per heavy atom. The summed E-state index contributed by atoms with van der Waals surface area (Å²) >= 11 is 1.78. The zero-order valence-corrected chi connectivity index (χ0v) is 15.6. The normalized spacial score (nSPS) is 13.7. The molecule has 136 valence electrons. The van der Waals surface area contributed by atoms with E-state index in [1.165, 1.54) is 16.9 Å². The van der Waals surface area contributed by atoms with Crippen LogP contribution in [-0.2, 0) is 24.3 Å². The maximum absolute atomic E-state index is 5.38.